The molecule has 1 heterocycles. The van der Waals surface area contributed by atoms with E-state index in [-0.39, 0.29) is 11.3 Å². The van der Waals surface area contributed by atoms with Crippen molar-refractivity contribution in [3.05, 3.63) is 41.7 Å². The molecule has 7 heteroatoms. The summed E-state index contributed by atoms with van der Waals surface area (Å²) >= 11 is 0. The predicted octanol–water partition coefficient (Wildman–Crippen LogP) is 0.755. The Labute approximate surface area is 95.5 Å². The molecule has 2 rings (SSSR count). The van der Waals surface area contributed by atoms with E-state index in [1.165, 1.54) is 30.5 Å². The fourth-order valence-electron chi connectivity index (χ4n) is 1.20. The number of H-pyrrole nitrogens is 1. The van der Waals surface area contributed by atoms with Gasteiger partial charge in [-0.2, -0.15) is 15.4 Å². The molecule has 1 amide bonds. The summed E-state index contributed by atoms with van der Waals surface area (Å²) in [5.41, 5.74) is 0.805. The van der Waals surface area contributed by atoms with Crippen molar-refractivity contribution in [3.8, 4) is 0 Å². The number of hydrogen-bond donors (Lipinski definition) is 3. The number of carboxylic acids is 1. The van der Waals surface area contributed by atoms with Crippen LogP contribution in [0.4, 0.5) is 5.69 Å². The highest BCUT2D eigenvalue weighted by molar-refractivity contribution is 6.02. The molecule has 0 spiro atoms. The topological polar surface area (TPSA) is 108 Å². The van der Waals surface area contributed by atoms with Crippen LogP contribution in [0.15, 0.2) is 30.5 Å². The van der Waals surface area contributed by atoms with Gasteiger partial charge in [-0.25, -0.2) is 4.79 Å². The van der Waals surface area contributed by atoms with Crippen LogP contribution in [0.25, 0.3) is 0 Å². The Bertz CT molecular complexity index is 533. The summed E-state index contributed by atoms with van der Waals surface area (Å²) in [6.45, 7) is 0. The number of carbonyl (C=O) groups excluding carboxylic acids is 1. The summed E-state index contributed by atoms with van der Waals surface area (Å²) < 4.78 is 0. The van der Waals surface area contributed by atoms with Crippen molar-refractivity contribution in [2.75, 3.05) is 5.32 Å². The summed E-state index contributed by atoms with van der Waals surface area (Å²) in [6, 6.07) is 5.81. The third-order valence-corrected chi connectivity index (χ3v) is 2.04. The number of benzene rings is 1. The minimum Gasteiger partial charge on any atom is -0.478 e. The summed E-state index contributed by atoms with van der Waals surface area (Å²) in [5, 5.41) is 20.7. The lowest BCUT2D eigenvalue weighted by atomic mass is 10.2. The molecule has 1 aromatic carbocycles. The molecule has 0 bridgehead atoms. The Kier molecular flexibility index (Phi) is 2.82. The third-order valence-electron chi connectivity index (χ3n) is 2.04. The number of rotatable bonds is 3. The van der Waals surface area contributed by atoms with Gasteiger partial charge in [0, 0.05) is 5.69 Å². The van der Waals surface area contributed by atoms with Crippen LogP contribution in [0.5, 0.6) is 0 Å². The number of nitrogens with one attached hydrogen (secondary N) is 2. The molecule has 0 fully saturated rings. The Morgan fingerprint density at radius 2 is 1.94 bits per heavy atom. The van der Waals surface area contributed by atoms with Crippen LogP contribution < -0.4 is 5.32 Å². The Morgan fingerprint density at radius 1 is 1.24 bits per heavy atom. The molecule has 1 aromatic heterocycles. The van der Waals surface area contributed by atoms with E-state index in [1.807, 2.05) is 0 Å². The number of carboxylic acid groups (broad SMARTS) is 1. The highest BCUT2D eigenvalue weighted by Gasteiger charge is 2.09. The molecular formula is C10H8N4O3. The van der Waals surface area contributed by atoms with E-state index in [2.05, 4.69) is 20.7 Å². The molecule has 0 saturated carbocycles. The molecule has 0 saturated heterocycles. The average Bonchev–Trinajstić information content (AvgIpc) is 2.83. The lowest BCUT2D eigenvalue weighted by molar-refractivity contribution is 0.0696. The first-order chi connectivity index (χ1) is 8.16. The molecule has 0 unspecified atom stereocenters. The van der Waals surface area contributed by atoms with Gasteiger partial charge in [0.15, 0.2) is 5.69 Å². The Hall–Kier alpha value is -2.70. The Balaban J connectivity index is 2.09. The first kappa shape index (κ1) is 10.8. The molecule has 7 nitrogen and oxygen atoms in total. The van der Waals surface area contributed by atoms with Crippen molar-refractivity contribution in [2.45, 2.75) is 0 Å². The zero-order valence-corrected chi connectivity index (χ0v) is 8.54. The van der Waals surface area contributed by atoms with Gasteiger partial charge in [-0.3, -0.25) is 4.79 Å². The summed E-state index contributed by atoms with van der Waals surface area (Å²) in [5.74, 6) is -1.43. The molecule has 17 heavy (non-hydrogen) atoms. The fourth-order valence-corrected chi connectivity index (χ4v) is 1.20. The number of carbonyl (C=O) groups is 2. The normalized spacial score (nSPS) is 9.88. The summed E-state index contributed by atoms with van der Waals surface area (Å²) in [6.07, 6.45) is 1.29. The molecule has 0 aliphatic heterocycles. The van der Waals surface area contributed by atoms with Gasteiger partial charge in [0.1, 0.15) is 0 Å². The molecule has 0 aliphatic rings. The van der Waals surface area contributed by atoms with Crippen LogP contribution >= 0.6 is 0 Å². The number of hydrogen-bond acceptors (Lipinski definition) is 4. The smallest absolute Gasteiger partial charge is 0.335 e. The second kappa shape index (κ2) is 4.44. The molecule has 2 aromatic rings. The predicted molar refractivity (Wildman–Crippen MR) is 57.7 cm³/mol. The van der Waals surface area contributed by atoms with E-state index >= 15 is 0 Å². The highest BCUT2D eigenvalue weighted by Crippen LogP contribution is 2.10. The van der Waals surface area contributed by atoms with Crippen LogP contribution in [0, 0.1) is 0 Å². The van der Waals surface area contributed by atoms with Crippen molar-refractivity contribution >= 4 is 17.6 Å². The van der Waals surface area contributed by atoms with Crippen molar-refractivity contribution in [2.24, 2.45) is 0 Å². The SMILES string of the molecule is O=C(O)c1ccc(NC(=O)c2cn[nH]n2)cc1. The molecular weight excluding hydrogens is 224 g/mol. The van der Waals surface area contributed by atoms with E-state index < -0.39 is 11.9 Å². The van der Waals surface area contributed by atoms with E-state index in [0.29, 0.717) is 5.69 Å². The number of amides is 1. The van der Waals surface area contributed by atoms with Crippen molar-refractivity contribution < 1.29 is 14.7 Å². The quantitative estimate of drug-likeness (QED) is 0.723. The van der Waals surface area contributed by atoms with Gasteiger partial charge in [-0.05, 0) is 24.3 Å². The van der Waals surface area contributed by atoms with Crippen LogP contribution in [0.1, 0.15) is 20.8 Å². The van der Waals surface area contributed by atoms with Gasteiger partial charge < -0.3 is 10.4 Å². The Morgan fingerprint density at radius 3 is 2.47 bits per heavy atom. The van der Waals surface area contributed by atoms with Gasteiger partial charge in [0.25, 0.3) is 5.91 Å². The molecule has 0 atom stereocenters. The zero-order chi connectivity index (χ0) is 12.3. The standard InChI is InChI=1S/C10H8N4O3/c15-9(8-5-11-14-13-8)12-7-3-1-6(2-4-7)10(16)17/h1-5H,(H,12,15)(H,16,17)(H,11,13,14). The van der Waals surface area contributed by atoms with Gasteiger partial charge >= 0.3 is 5.97 Å². The van der Waals surface area contributed by atoms with E-state index in [0.717, 1.165) is 0 Å². The number of aromatic carboxylic acids is 1. The van der Waals surface area contributed by atoms with E-state index in [4.69, 9.17) is 5.11 Å². The number of nitrogens with zero attached hydrogens (tertiary/aromatic N) is 2. The molecule has 3 N–H and O–H groups in total. The van der Waals surface area contributed by atoms with Gasteiger partial charge in [0.05, 0.1) is 11.8 Å². The zero-order valence-electron chi connectivity index (χ0n) is 8.54. The minimum atomic E-state index is -1.01. The average molecular weight is 232 g/mol. The number of aromatic nitrogens is 3. The van der Waals surface area contributed by atoms with Crippen molar-refractivity contribution in [3.63, 3.8) is 0 Å². The number of anilines is 1. The monoisotopic (exact) mass is 232 g/mol. The lowest BCUT2D eigenvalue weighted by Gasteiger charge is -2.02. The first-order valence-electron chi connectivity index (χ1n) is 4.67. The molecule has 86 valence electrons. The maximum absolute atomic E-state index is 11.5. The lowest BCUT2D eigenvalue weighted by Crippen LogP contribution is -2.12. The van der Waals surface area contributed by atoms with Crippen LogP contribution in [-0.4, -0.2) is 32.4 Å². The van der Waals surface area contributed by atoms with Crippen LogP contribution in [0.2, 0.25) is 0 Å². The van der Waals surface area contributed by atoms with E-state index in [9.17, 15) is 9.59 Å². The number of aromatic amines is 1. The second-order valence-corrected chi connectivity index (χ2v) is 3.19. The second-order valence-electron chi connectivity index (χ2n) is 3.19. The van der Waals surface area contributed by atoms with Crippen LogP contribution in [-0.2, 0) is 0 Å². The first-order valence-corrected chi connectivity index (χ1v) is 4.67. The highest BCUT2D eigenvalue weighted by atomic mass is 16.4. The minimum absolute atomic E-state index is 0.157. The van der Waals surface area contributed by atoms with Gasteiger partial charge in [-0.1, -0.05) is 0 Å². The maximum atomic E-state index is 11.5. The maximum Gasteiger partial charge on any atom is 0.335 e. The largest absolute Gasteiger partial charge is 0.478 e. The van der Waals surface area contributed by atoms with Gasteiger partial charge in [0.2, 0.25) is 0 Å². The van der Waals surface area contributed by atoms with Crippen LogP contribution in [0.3, 0.4) is 0 Å². The van der Waals surface area contributed by atoms with Crippen molar-refractivity contribution in [1.82, 2.24) is 15.4 Å². The van der Waals surface area contributed by atoms with Crippen molar-refractivity contribution in [1.29, 1.82) is 0 Å². The fraction of sp³-hybridized carbons (Fsp3) is 0. The summed E-state index contributed by atoms with van der Waals surface area (Å²) in [4.78, 5) is 22.2. The van der Waals surface area contributed by atoms with Gasteiger partial charge in [-0.15, -0.1) is 0 Å². The molecule has 0 radical (unpaired) electrons. The molecule has 0 aliphatic carbocycles. The third kappa shape index (κ3) is 2.46. The van der Waals surface area contributed by atoms with E-state index in [1.54, 1.807) is 0 Å². The summed E-state index contributed by atoms with van der Waals surface area (Å²) in [7, 11) is 0.